The first-order chi connectivity index (χ1) is 14.6. The van der Waals surface area contributed by atoms with Gasteiger partial charge < -0.3 is 29.5 Å². The van der Waals surface area contributed by atoms with Gasteiger partial charge in [-0.15, -0.1) is 0 Å². The molecule has 2 aromatic rings. The van der Waals surface area contributed by atoms with Crippen molar-refractivity contribution in [2.45, 2.75) is 25.0 Å². The lowest BCUT2D eigenvalue weighted by molar-refractivity contribution is -0.0232. The summed E-state index contributed by atoms with van der Waals surface area (Å²) in [5.41, 5.74) is 0.576. The first-order valence-electron chi connectivity index (χ1n) is 10.3. The molecule has 2 aliphatic heterocycles. The normalized spacial score (nSPS) is 26.9. The number of nitrogens with zero attached hydrogens (tertiary/aromatic N) is 2. The summed E-state index contributed by atoms with van der Waals surface area (Å²) >= 11 is 0. The lowest BCUT2D eigenvalue weighted by atomic mass is 9.78. The summed E-state index contributed by atoms with van der Waals surface area (Å²) in [7, 11) is 1.76. The van der Waals surface area contributed by atoms with E-state index in [0.717, 1.165) is 0 Å². The van der Waals surface area contributed by atoms with Crippen molar-refractivity contribution in [2.75, 3.05) is 32.2 Å². The van der Waals surface area contributed by atoms with Gasteiger partial charge in [-0.05, 0) is 48.9 Å². The SMILES string of the molecule is CNc1ncccc1C(=O)N1C[C@H]2C[C@@H](Oc3ccc4c(c3)OCO4)[C@H](O)C[C@H]2C1. The van der Waals surface area contributed by atoms with E-state index in [2.05, 4.69) is 10.3 Å². The van der Waals surface area contributed by atoms with Gasteiger partial charge in [-0.25, -0.2) is 4.98 Å². The third kappa shape index (κ3) is 3.41. The monoisotopic (exact) mass is 411 g/mol. The van der Waals surface area contributed by atoms with Crippen molar-refractivity contribution in [1.29, 1.82) is 0 Å². The number of carbonyl (C=O) groups excluding carboxylic acids is 1. The number of nitrogens with one attached hydrogen (secondary N) is 1. The van der Waals surface area contributed by atoms with Gasteiger partial charge in [0.2, 0.25) is 6.79 Å². The van der Waals surface area contributed by atoms with Crippen LogP contribution in [0.3, 0.4) is 0 Å². The molecule has 1 saturated carbocycles. The molecule has 3 aliphatic rings. The van der Waals surface area contributed by atoms with Gasteiger partial charge in [0, 0.05) is 32.4 Å². The van der Waals surface area contributed by atoms with Crippen LogP contribution in [0.25, 0.3) is 0 Å². The van der Waals surface area contributed by atoms with Crippen molar-refractivity contribution in [3.8, 4) is 17.2 Å². The van der Waals surface area contributed by atoms with Gasteiger partial charge in [-0.2, -0.15) is 0 Å². The smallest absolute Gasteiger partial charge is 0.257 e. The fourth-order valence-electron chi connectivity index (χ4n) is 4.76. The van der Waals surface area contributed by atoms with Crippen LogP contribution in [0.5, 0.6) is 17.2 Å². The minimum absolute atomic E-state index is 0.0235. The van der Waals surface area contributed by atoms with Crippen molar-refractivity contribution < 1.29 is 24.1 Å². The van der Waals surface area contributed by atoms with Crippen LogP contribution >= 0.6 is 0 Å². The minimum Gasteiger partial charge on any atom is -0.488 e. The van der Waals surface area contributed by atoms with Gasteiger partial charge in [-0.1, -0.05) is 0 Å². The number of anilines is 1. The van der Waals surface area contributed by atoms with Crippen molar-refractivity contribution in [3.63, 3.8) is 0 Å². The quantitative estimate of drug-likeness (QED) is 0.796. The molecule has 2 fully saturated rings. The predicted octanol–water partition coefficient (Wildman–Crippen LogP) is 2.14. The highest BCUT2D eigenvalue weighted by Crippen LogP contribution is 2.40. The number of carbonyl (C=O) groups is 1. The number of benzene rings is 1. The molecule has 1 aromatic heterocycles. The lowest BCUT2D eigenvalue weighted by Gasteiger charge is -2.35. The Hall–Kier alpha value is -3.00. The zero-order valence-corrected chi connectivity index (χ0v) is 16.8. The van der Waals surface area contributed by atoms with E-state index in [9.17, 15) is 9.90 Å². The number of aliphatic hydroxyl groups excluding tert-OH is 1. The molecular weight excluding hydrogens is 386 g/mol. The Morgan fingerprint density at radius 3 is 2.83 bits per heavy atom. The fourth-order valence-corrected chi connectivity index (χ4v) is 4.76. The van der Waals surface area contributed by atoms with Gasteiger partial charge in [-0.3, -0.25) is 4.79 Å². The molecular formula is C22H25N3O5. The molecule has 3 heterocycles. The first-order valence-corrected chi connectivity index (χ1v) is 10.3. The Bertz CT molecular complexity index is 952. The molecule has 0 radical (unpaired) electrons. The van der Waals surface area contributed by atoms with Crippen LogP contribution in [0.2, 0.25) is 0 Å². The van der Waals surface area contributed by atoms with Gasteiger partial charge in [0.25, 0.3) is 5.91 Å². The predicted molar refractivity (Wildman–Crippen MR) is 109 cm³/mol. The van der Waals surface area contributed by atoms with Gasteiger partial charge in [0.15, 0.2) is 11.5 Å². The summed E-state index contributed by atoms with van der Waals surface area (Å²) in [5.74, 6) is 3.15. The van der Waals surface area contributed by atoms with E-state index in [1.807, 2.05) is 17.0 Å². The van der Waals surface area contributed by atoms with Crippen LogP contribution in [0.4, 0.5) is 5.82 Å². The summed E-state index contributed by atoms with van der Waals surface area (Å²) in [4.78, 5) is 19.2. The highest BCUT2D eigenvalue weighted by Gasteiger charge is 2.44. The molecule has 4 atom stereocenters. The van der Waals surface area contributed by atoms with Crippen LogP contribution in [-0.4, -0.2) is 60.0 Å². The first kappa shape index (κ1) is 19.0. The van der Waals surface area contributed by atoms with Crippen molar-refractivity contribution >= 4 is 11.7 Å². The zero-order chi connectivity index (χ0) is 20.7. The minimum atomic E-state index is -0.571. The van der Waals surface area contributed by atoms with E-state index in [4.69, 9.17) is 14.2 Å². The molecule has 0 unspecified atom stereocenters. The number of aromatic nitrogens is 1. The van der Waals surface area contributed by atoms with Gasteiger partial charge in [0.05, 0.1) is 11.7 Å². The Kier molecular flexibility index (Phi) is 4.86. The van der Waals surface area contributed by atoms with E-state index < -0.39 is 6.10 Å². The van der Waals surface area contributed by atoms with Crippen molar-refractivity contribution in [1.82, 2.24) is 9.88 Å². The number of likely N-dealkylation sites (tertiary alicyclic amines) is 1. The molecule has 8 heteroatoms. The average molecular weight is 411 g/mol. The van der Waals surface area contributed by atoms with E-state index in [1.165, 1.54) is 0 Å². The van der Waals surface area contributed by atoms with Crippen LogP contribution in [0.15, 0.2) is 36.5 Å². The molecule has 158 valence electrons. The number of ether oxygens (including phenoxy) is 3. The van der Waals surface area contributed by atoms with E-state index in [1.54, 1.807) is 31.4 Å². The Balaban J connectivity index is 1.27. The molecule has 30 heavy (non-hydrogen) atoms. The largest absolute Gasteiger partial charge is 0.488 e. The molecule has 1 aromatic carbocycles. The maximum absolute atomic E-state index is 13.1. The summed E-state index contributed by atoms with van der Waals surface area (Å²) in [6, 6.07) is 9.02. The van der Waals surface area contributed by atoms with E-state index in [0.29, 0.717) is 60.5 Å². The molecule has 1 saturated heterocycles. The second kappa shape index (κ2) is 7.68. The lowest BCUT2D eigenvalue weighted by Crippen LogP contribution is -2.42. The highest BCUT2D eigenvalue weighted by molar-refractivity contribution is 5.98. The number of fused-ring (bicyclic) bond motifs is 2. The van der Waals surface area contributed by atoms with Gasteiger partial charge in [0.1, 0.15) is 17.7 Å². The Labute approximate surface area is 174 Å². The highest BCUT2D eigenvalue weighted by atomic mass is 16.7. The number of rotatable bonds is 4. The zero-order valence-electron chi connectivity index (χ0n) is 16.8. The summed E-state index contributed by atoms with van der Waals surface area (Å²) in [6.07, 6.45) is 2.11. The van der Waals surface area contributed by atoms with Crippen LogP contribution in [0, 0.1) is 11.8 Å². The average Bonchev–Trinajstić information content (AvgIpc) is 3.39. The number of aliphatic hydroxyl groups is 1. The van der Waals surface area contributed by atoms with Crippen molar-refractivity contribution in [2.24, 2.45) is 11.8 Å². The van der Waals surface area contributed by atoms with Gasteiger partial charge >= 0.3 is 0 Å². The second-order valence-corrected chi connectivity index (χ2v) is 8.09. The molecule has 1 amide bonds. The third-order valence-electron chi connectivity index (χ3n) is 6.28. The van der Waals surface area contributed by atoms with Crippen LogP contribution in [0.1, 0.15) is 23.2 Å². The van der Waals surface area contributed by atoms with Crippen molar-refractivity contribution in [3.05, 3.63) is 42.1 Å². The summed E-state index contributed by atoms with van der Waals surface area (Å²) in [6.45, 7) is 1.52. The molecule has 2 N–H and O–H groups in total. The van der Waals surface area contributed by atoms with E-state index in [-0.39, 0.29) is 24.7 Å². The molecule has 1 aliphatic carbocycles. The molecule has 0 spiro atoms. The standard InChI is InChI=1S/C22H25N3O5/c1-23-21-16(3-2-6-24-21)22(27)25-10-13-7-17(26)19(8-14(13)11-25)30-15-4-5-18-20(9-15)29-12-28-18/h2-6,9,13-14,17,19,26H,7-8,10-12H2,1H3,(H,23,24)/t13-,14+,17+,19+/m0/s1. The maximum atomic E-state index is 13.1. The summed E-state index contributed by atoms with van der Waals surface area (Å²) < 4.78 is 16.9. The fraction of sp³-hybridized carbons (Fsp3) is 0.455. The summed E-state index contributed by atoms with van der Waals surface area (Å²) in [5, 5.41) is 13.7. The second-order valence-electron chi connectivity index (χ2n) is 8.09. The Morgan fingerprint density at radius 1 is 1.20 bits per heavy atom. The number of hydrogen-bond donors (Lipinski definition) is 2. The third-order valence-corrected chi connectivity index (χ3v) is 6.28. The molecule has 8 nitrogen and oxygen atoms in total. The van der Waals surface area contributed by atoms with E-state index >= 15 is 0 Å². The number of amides is 1. The topological polar surface area (TPSA) is 93.2 Å². The van der Waals surface area contributed by atoms with Crippen LogP contribution < -0.4 is 19.5 Å². The molecule has 0 bridgehead atoms. The number of pyridine rings is 1. The van der Waals surface area contributed by atoms with Crippen LogP contribution in [-0.2, 0) is 0 Å². The maximum Gasteiger partial charge on any atom is 0.257 e. The Morgan fingerprint density at radius 2 is 2.00 bits per heavy atom. The number of hydrogen-bond acceptors (Lipinski definition) is 7. The molecule has 5 rings (SSSR count).